The summed E-state index contributed by atoms with van der Waals surface area (Å²) in [6.45, 7) is 0. The number of aromatic nitrogens is 2. The van der Waals surface area contributed by atoms with E-state index in [9.17, 15) is 0 Å². The first-order valence-electron chi connectivity index (χ1n) is 7.42. The molecule has 0 bridgehead atoms. The number of nitrogens with zero attached hydrogens (tertiary/aromatic N) is 2. The average Bonchev–Trinajstić information content (AvgIpc) is 2.97. The minimum atomic E-state index is 0.579. The van der Waals surface area contributed by atoms with Crippen LogP contribution in [0, 0.1) is 5.92 Å². The maximum absolute atomic E-state index is 5.43. The standard InChI is InChI=1S/C16H21N3O/c1-17-14-10-6-5-9-13(14)11-15-18-16(19-20-15)12-7-3-2-4-8-12/h2-4,7-8,13-14,17H,5-6,9-11H2,1H3. The van der Waals surface area contributed by atoms with Crippen molar-refractivity contribution in [2.24, 2.45) is 5.92 Å². The van der Waals surface area contributed by atoms with Gasteiger partial charge in [0, 0.05) is 18.0 Å². The van der Waals surface area contributed by atoms with E-state index in [0.29, 0.717) is 17.8 Å². The van der Waals surface area contributed by atoms with Crippen molar-refractivity contribution < 1.29 is 4.52 Å². The Balaban J connectivity index is 1.71. The predicted octanol–water partition coefficient (Wildman–Crippen LogP) is 3.06. The van der Waals surface area contributed by atoms with E-state index in [0.717, 1.165) is 17.9 Å². The summed E-state index contributed by atoms with van der Waals surface area (Å²) < 4.78 is 5.43. The summed E-state index contributed by atoms with van der Waals surface area (Å²) in [6, 6.07) is 10.6. The molecule has 3 rings (SSSR count). The number of nitrogens with one attached hydrogen (secondary N) is 1. The van der Waals surface area contributed by atoms with Gasteiger partial charge in [0.05, 0.1) is 0 Å². The zero-order valence-corrected chi connectivity index (χ0v) is 11.9. The van der Waals surface area contributed by atoms with Crippen LogP contribution in [0.4, 0.5) is 0 Å². The summed E-state index contributed by atoms with van der Waals surface area (Å²) in [5, 5.41) is 7.52. The molecule has 1 saturated carbocycles. The highest BCUT2D eigenvalue weighted by atomic mass is 16.5. The Morgan fingerprint density at radius 1 is 1.20 bits per heavy atom. The molecular weight excluding hydrogens is 250 g/mol. The van der Waals surface area contributed by atoms with Crippen molar-refractivity contribution in [3.8, 4) is 11.4 Å². The van der Waals surface area contributed by atoms with E-state index in [1.165, 1.54) is 25.7 Å². The molecule has 0 spiro atoms. The number of benzene rings is 1. The van der Waals surface area contributed by atoms with Crippen molar-refractivity contribution in [1.82, 2.24) is 15.5 Å². The topological polar surface area (TPSA) is 51.0 Å². The highest BCUT2D eigenvalue weighted by Gasteiger charge is 2.25. The molecule has 1 aliphatic carbocycles. The van der Waals surface area contributed by atoms with Crippen LogP contribution >= 0.6 is 0 Å². The highest BCUT2D eigenvalue weighted by Crippen LogP contribution is 2.27. The first-order valence-corrected chi connectivity index (χ1v) is 7.42. The molecule has 0 aliphatic heterocycles. The Morgan fingerprint density at radius 2 is 2.00 bits per heavy atom. The van der Waals surface area contributed by atoms with Crippen molar-refractivity contribution in [1.29, 1.82) is 0 Å². The van der Waals surface area contributed by atoms with Crippen molar-refractivity contribution >= 4 is 0 Å². The molecule has 2 aromatic rings. The van der Waals surface area contributed by atoms with E-state index in [-0.39, 0.29) is 0 Å². The molecular formula is C16H21N3O. The van der Waals surface area contributed by atoms with Crippen LogP contribution < -0.4 is 5.32 Å². The minimum Gasteiger partial charge on any atom is -0.339 e. The highest BCUT2D eigenvalue weighted by molar-refractivity contribution is 5.53. The second-order valence-electron chi connectivity index (χ2n) is 5.52. The fourth-order valence-corrected chi connectivity index (χ4v) is 3.10. The quantitative estimate of drug-likeness (QED) is 0.928. The predicted molar refractivity (Wildman–Crippen MR) is 78.2 cm³/mol. The van der Waals surface area contributed by atoms with Crippen molar-refractivity contribution in [2.45, 2.75) is 38.1 Å². The van der Waals surface area contributed by atoms with Gasteiger partial charge in [0.25, 0.3) is 0 Å². The molecule has 1 aromatic heterocycles. The average molecular weight is 271 g/mol. The van der Waals surface area contributed by atoms with Crippen LogP contribution in [0.5, 0.6) is 0 Å². The Hall–Kier alpha value is -1.68. The fraction of sp³-hybridized carbons (Fsp3) is 0.500. The lowest BCUT2D eigenvalue weighted by Gasteiger charge is -2.30. The zero-order chi connectivity index (χ0) is 13.8. The molecule has 4 heteroatoms. The summed E-state index contributed by atoms with van der Waals surface area (Å²) in [7, 11) is 2.05. The third kappa shape index (κ3) is 2.90. The van der Waals surface area contributed by atoms with Crippen LogP contribution in [0.3, 0.4) is 0 Å². The van der Waals surface area contributed by atoms with Gasteiger partial charge in [0.15, 0.2) is 0 Å². The summed E-state index contributed by atoms with van der Waals surface area (Å²) in [5.41, 5.74) is 1.01. The van der Waals surface area contributed by atoms with Crippen LogP contribution in [0.2, 0.25) is 0 Å². The molecule has 0 radical (unpaired) electrons. The maximum Gasteiger partial charge on any atom is 0.227 e. The molecule has 1 heterocycles. The van der Waals surface area contributed by atoms with E-state index >= 15 is 0 Å². The summed E-state index contributed by atoms with van der Waals surface area (Å²) >= 11 is 0. The lowest BCUT2D eigenvalue weighted by molar-refractivity contribution is 0.248. The molecule has 1 aliphatic rings. The molecule has 0 amide bonds. The first kappa shape index (κ1) is 13.3. The largest absolute Gasteiger partial charge is 0.339 e. The normalized spacial score (nSPS) is 22.9. The molecule has 1 N–H and O–H groups in total. The van der Waals surface area contributed by atoms with Crippen LogP contribution in [-0.2, 0) is 6.42 Å². The molecule has 1 fully saturated rings. The van der Waals surface area contributed by atoms with Crippen LogP contribution in [-0.4, -0.2) is 23.2 Å². The summed E-state index contributed by atoms with van der Waals surface area (Å²) in [5.74, 6) is 2.06. The Labute approximate surface area is 119 Å². The maximum atomic E-state index is 5.43. The van der Waals surface area contributed by atoms with E-state index < -0.39 is 0 Å². The number of rotatable bonds is 4. The monoisotopic (exact) mass is 271 g/mol. The van der Waals surface area contributed by atoms with E-state index in [1.54, 1.807) is 0 Å². The zero-order valence-electron chi connectivity index (χ0n) is 11.9. The van der Waals surface area contributed by atoms with Gasteiger partial charge >= 0.3 is 0 Å². The van der Waals surface area contributed by atoms with Gasteiger partial charge in [-0.2, -0.15) is 4.98 Å². The van der Waals surface area contributed by atoms with E-state index in [1.807, 2.05) is 37.4 Å². The Morgan fingerprint density at radius 3 is 2.80 bits per heavy atom. The van der Waals surface area contributed by atoms with Crippen molar-refractivity contribution in [3.05, 3.63) is 36.2 Å². The first-order chi connectivity index (χ1) is 9.86. The Kier molecular flexibility index (Phi) is 4.11. The lowest BCUT2D eigenvalue weighted by Crippen LogP contribution is -2.37. The van der Waals surface area contributed by atoms with Gasteiger partial charge in [0.1, 0.15) is 0 Å². The van der Waals surface area contributed by atoms with Crippen LogP contribution in [0.25, 0.3) is 11.4 Å². The molecule has 1 aromatic carbocycles. The molecule has 106 valence electrons. The molecule has 20 heavy (non-hydrogen) atoms. The van der Waals surface area contributed by atoms with E-state index in [2.05, 4.69) is 15.5 Å². The number of hydrogen-bond acceptors (Lipinski definition) is 4. The molecule has 4 nitrogen and oxygen atoms in total. The third-order valence-electron chi connectivity index (χ3n) is 4.22. The van der Waals surface area contributed by atoms with Crippen molar-refractivity contribution in [3.63, 3.8) is 0 Å². The molecule has 0 saturated heterocycles. The van der Waals surface area contributed by atoms with Gasteiger partial charge in [0.2, 0.25) is 11.7 Å². The van der Waals surface area contributed by atoms with Gasteiger partial charge in [-0.15, -0.1) is 0 Å². The molecule has 2 atom stereocenters. The van der Waals surface area contributed by atoms with Gasteiger partial charge in [-0.1, -0.05) is 48.3 Å². The molecule has 2 unspecified atom stereocenters. The fourth-order valence-electron chi connectivity index (χ4n) is 3.10. The van der Waals surface area contributed by atoms with Crippen molar-refractivity contribution in [2.75, 3.05) is 7.05 Å². The summed E-state index contributed by atoms with van der Waals surface area (Å²) in [4.78, 5) is 4.54. The van der Waals surface area contributed by atoms with Gasteiger partial charge in [-0.25, -0.2) is 0 Å². The van der Waals surface area contributed by atoms with Gasteiger partial charge in [-0.05, 0) is 25.8 Å². The van der Waals surface area contributed by atoms with Crippen LogP contribution in [0.15, 0.2) is 34.9 Å². The SMILES string of the molecule is CNC1CCCCC1Cc1nc(-c2ccccc2)no1. The van der Waals surface area contributed by atoms with E-state index in [4.69, 9.17) is 4.52 Å². The third-order valence-corrected chi connectivity index (χ3v) is 4.22. The van der Waals surface area contributed by atoms with Crippen LogP contribution in [0.1, 0.15) is 31.6 Å². The summed E-state index contributed by atoms with van der Waals surface area (Å²) in [6.07, 6.45) is 6.00. The Bertz CT molecular complexity index is 538. The number of hydrogen-bond donors (Lipinski definition) is 1. The minimum absolute atomic E-state index is 0.579. The second-order valence-corrected chi connectivity index (χ2v) is 5.52. The van der Waals surface area contributed by atoms with Gasteiger partial charge in [-0.3, -0.25) is 0 Å². The smallest absolute Gasteiger partial charge is 0.227 e. The van der Waals surface area contributed by atoms with Gasteiger partial charge < -0.3 is 9.84 Å². The second kappa shape index (κ2) is 6.18. The lowest BCUT2D eigenvalue weighted by atomic mass is 9.82.